The van der Waals surface area contributed by atoms with E-state index in [2.05, 4.69) is 31.3 Å². The number of hydrogen-bond acceptors (Lipinski definition) is 3. The Kier molecular flexibility index (Phi) is 8.47. The van der Waals surface area contributed by atoms with Crippen molar-refractivity contribution < 1.29 is 9.59 Å². The summed E-state index contributed by atoms with van der Waals surface area (Å²) in [7, 11) is 0. The van der Waals surface area contributed by atoms with Crippen LogP contribution in [0, 0.1) is 11.8 Å². The van der Waals surface area contributed by atoms with Crippen molar-refractivity contribution in [3.05, 3.63) is 35.9 Å². The van der Waals surface area contributed by atoms with Crippen LogP contribution >= 0.6 is 0 Å². The maximum absolute atomic E-state index is 12.5. The highest BCUT2D eigenvalue weighted by atomic mass is 16.2. The lowest BCUT2D eigenvalue weighted by Gasteiger charge is -2.25. The minimum Gasteiger partial charge on any atom is -0.346 e. The van der Waals surface area contributed by atoms with E-state index >= 15 is 0 Å². The molecule has 0 spiro atoms. The Morgan fingerprint density at radius 3 is 2.29 bits per heavy atom. The van der Waals surface area contributed by atoms with Crippen molar-refractivity contribution in [2.24, 2.45) is 17.6 Å². The molecule has 0 saturated carbocycles. The van der Waals surface area contributed by atoms with Crippen molar-refractivity contribution in [2.45, 2.75) is 40.2 Å². The second kappa shape index (κ2) is 10.1. The van der Waals surface area contributed by atoms with E-state index in [0.717, 1.165) is 6.42 Å². The molecule has 0 aliphatic carbocycles. The SMILES string of the molecule is CC(C)CN(CCc1ccccc1)C(=O)CNC(=O)[C@@H](N)C(C)C. The Balaban J connectivity index is 2.56. The van der Waals surface area contributed by atoms with E-state index in [1.165, 1.54) is 5.56 Å². The van der Waals surface area contributed by atoms with Crippen LogP contribution in [-0.2, 0) is 16.0 Å². The molecule has 1 aromatic carbocycles. The summed E-state index contributed by atoms with van der Waals surface area (Å²) in [5, 5.41) is 2.66. The fourth-order valence-electron chi connectivity index (χ4n) is 2.36. The first-order valence-electron chi connectivity index (χ1n) is 8.66. The predicted molar refractivity (Wildman–Crippen MR) is 97.4 cm³/mol. The van der Waals surface area contributed by atoms with Crippen LogP contribution < -0.4 is 11.1 Å². The highest BCUT2D eigenvalue weighted by Crippen LogP contribution is 2.05. The molecule has 0 unspecified atom stereocenters. The number of carbonyl (C=O) groups is 2. The van der Waals surface area contributed by atoms with Gasteiger partial charge in [0.1, 0.15) is 0 Å². The van der Waals surface area contributed by atoms with Gasteiger partial charge in [-0.05, 0) is 23.8 Å². The van der Waals surface area contributed by atoms with Crippen LogP contribution in [0.1, 0.15) is 33.3 Å². The molecule has 0 aliphatic rings. The van der Waals surface area contributed by atoms with Gasteiger partial charge in [-0.1, -0.05) is 58.0 Å². The zero-order valence-corrected chi connectivity index (χ0v) is 15.3. The van der Waals surface area contributed by atoms with Gasteiger partial charge in [0.25, 0.3) is 0 Å². The summed E-state index contributed by atoms with van der Waals surface area (Å²) in [4.78, 5) is 26.2. The maximum atomic E-state index is 12.5. The number of nitrogens with two attached hydrogens (primary N) is 1. The summed E-state index contributed by atoms with van der Waals surface area (Å²) in [6, 6.07) is 9.51. The third-order valence-corrected chi connectivity index (χ3v) is 3.89. The molecule has 2 amide bonds. The zero-order chi connectivity index (χ0) is 18.1. The highest BCUT2D eigenvalue weighted by Gasteiger charge is 2.20. The Morgan fingerprint density at radius 2 is 1.75 bits per heavy atom. The normalized spacial score (nSPS) is 12.3. The lowest BCUT2D eigenvalue weighted by atomic mass is 10.1. The lowest BCUT2D eigenvalue weighted by Crippen LogP contribution is -2.48. The van der Waals surface area contributed by atoms with Gasteiger partial charge in [-0.25, -0.2) is 0 Å². The minimum absolute atomic E-state index is 0.000757. The van der Waals surface area contributed by atoms with E-state index in [1.54, 1.807) is 0 Å². The number of nitrogens with one attached hydrogen (secondary N) is 1. The predicted octanol–water partition coefficient (Wildman–Crippen LogP) is 1.81. The molecular weight excluding hydrogens is 302 g/mol. The second-order valence-corrected chi connectivity index (χ2v) is 6.96. The average molecular weight is 333 g/mol. The van der Waals surface area contributed by atoms with Crippen LogP contribution in [0.15, 0.2) is 30.3 Å². The van der Waals surface area contributed by atoms with Crippen molar-refractivity contribution in [1.82, 2.24) is 10.2 Å². The van der Waals surface area contributed by atoms with Crippen molar-refractivity contribution >= 4 is 11.8 Å². The third kappa shape index (κ3) is 7.13. The Labute approximate surface area is 145 Å². The summed E-state index contributed by atoms with van der Waals surface area (Å²) in [5.74, 6) is 0.0816. The fourth-order valence-corrected chi connectivity index (χ4v) is 2.36. The summed E-state index contributed by atoms with van der Waals surface area (Å²) in [5.41, 5.74) is 7.00. The first-order valence-corrected chi connectivity index (χ1v) is 8.66. The molecule has 1 atom stereocenters. The molecule has 5 heteroatoms. The van der Waals surface area contributed by atoms with Gasteiger partial charge in [0.05, 0.1) is 12.6 Å². The first-order chi connectivity index (χ1) is 11.3. The van der Waals surface area contributed by atoms with E-state index in [-0.39, 0.29) is 24.3 Å². The van der Waals surface area contributed by atoms with Gasteiger partial charge >= 0.3 is 0 Å². The van der Waals surface area contributed by atoms with E-state index in [4.69, 9.17) is 5.73 Å². The van der Waals surface area contributed by atoms with Gasteiger partial charge in [-0.15, -0.1) is 0 Å². The Morgan fingerprint density at radius 1 is 1.12 bits per heavy atom. The molecule has 0 bridgehead atoms. The third-order valence-electron chi connectivity index (χ3n) is 3.89. The van der Waals surface area contributed by atoms with Gasteiger partial charge in [-0.2, -0.15) is 0 Å². The number of nitrogens with zero attached hydrogens (tertiary/aromatic N) is 1. The molecule has 1 aromatic rings. The molecule has 0 aliphatic heterocycles. The number of rotatable bonds is 9. The monoisotopic (exact) mass is 333 g/mol. The summed E-state index contributed by atoms with van der Waals surface area (Å²) < 4.78 is 0. The highest BCUT2D eigenvalue weighted by molar-refractivity contribution is 5.87. The second-order valence-electron chi connectivity index (χ2n) is 6.96. The Bertz CT molecular complexity index is 515. The van der Waals surface area contributed by atoms with Gasteiger partial charge in [-0.3, -0.25) is 9.59 Å². The number of amides is 2. The lowest BCUT2D eigenvalue weighted by molar-refractivity contribution is -0.133. The van der Waals surface area contributed by atoms with Gasteiger partial charge in [0, 0.05) is 13.1 Å². The van der Waals surface area contributed by atoms with E-state index in [0.29, 0.717) is 19.0 Å². The zero-order valence-electron chi connectivity index (χ0n) is 15.3. The number of hydrogen-bond donors (Lipinski definition) is 2. The first kappa shape index (κ1) is 20.2. The molecular formula is C19H31N3O2. The smallest absolute Gasteiger partial charge is 0.241 e. The molecule has 0 heterocycles. The largest absolute Gasteiger partial charge is 0.346 e. The van der Waals surface area contributed by atoms with E-state index < -0.39 is 6.04 Å². The van der Waals surface area contributed by atoms with Crippen molar-refractivity contribution in [3.63, 3.8) is 0 Å². The van der Waals surface area contributed by atoms with Crippen molar-refractivity contribution in [1.29, 1.82) is 0 Å². The van der Waals surface area contributed by atoms with Crippen molar-refractivity contribution in [2.75, 3.05) is 19.6 Å². The summed E-state index contributed by atoms with van der Waals surface area (Å²) in [6.45, 7) is 9.26. The minimum atomic E-state index is -0.583. The van der Waals surface area contributed by atoms with Crippen molar-refractivity contribution in [3.8, 4) is 0 Å². The standard InChI is InChI=1S/C19H31N3O2/c1-14(2)13-22(11-10-16-8-6-5-7-9-16)17(23)12-21-19(24)18(20)15(3)4/h5-9,14-15,18H,10-13,20H2,1-4H3,(H,21,24)/t18-/m0/s1. The molecule has 1 rings (SSSR count). The van der Waals surface area contributed by atoms with Crippen LogP contribution in [0.3, 0.4) is 0 Å². The van der Waals surface area contributed by atoms with Crippen LogP contribution in [0.25, 0.3) is 0 Å². The number of benzene rings is 1. The Hall–Kier alpha value is -1.88. The molecule has 134 valence electrons. The molecule has 0 fully saturated rings. The molecule has 5 nitrogen and oxygen atoms in total. The van der Waals surface area contributed by atoms with Crippen LogP contribution in [-0.4, -0.2) is 42.4 Å². The van der Waals surface area contributed by atoms with Gasteiger partial charge < -0.3 is 16.0 Å². The fraction of sp³-hybridized carbons (Fsp3) is 0.579. The van der Waals surface area contributed by atoms with E-state index in [9.17, 15) is 9.59 Å². The number of carbonyl (C=O) groups excluding carboxylic acids is 2. The van der Waals surface area contributed by atoms with E-state index in [1.807, 2.05) is 36.9 Å². The van der Waals surface area contributed by atoms with Crippen LogP contribution in [0.2, 0.25) is 0 Å². The van der Waals surface area contributed by atoms with Crippen LogP contribution in [0.5, 0.6) is 0 Å². The molecule has 0 saturated heterocycles. The molecule has 24 heavy (non-hydrogen) atoms. The summed E-state index contributed by atoms with van der Waals surface area (Å²) >= 11 is 0. The quantitative estimate of drug-likeness (QED) is 0.724. The molecule has 0 radical (unpaired) electrons. The maximum Gasteiger partial charge on any atom is 0.241 e. The molecule has 3 N–H and O–H groups in total. The van der Waals surface area contributed by atoms with Gasteiger partial charge in [0.15, 0.2) is 0 Å². The topological polar surface area (TPSA) is 75.4 Å². The average Bonchev–Trinajstić information content (AvgIpc) is 2.55. The summed E-state index contributed by atoms with van der Waals surface area (Å²) in [6.07, 6.45) is 0.804. The van der Waals surface area contributed by atoms with Gasteiger partial charge in [0.2, 0.25) is 11.8 Å². The molecule has 0 aromatic heterocycles. The van der Waals surface area contributed by atoms with Crippen LogP contribution in [0.4, 0.5) is 0 Å².